The molecule has 1 atom stereocenters. The zero-order chi connectivity index (χ0) is 28.3. The van der Waals surface area contributed by atoms with E-state index in [0.717, 1.165) is 36.1 Å². The number of carboxylic acid groups (broad SMARTS) is 1. The molecule has 39 heavy (non-hydrogen) atoms. The maximum Gasteiger partial charge on any atom is 0.303 e. The second-order valence-electron chi connectivity index (χ2n) is 10.6. The molecule has 0 aromatic heterocycles. The van der Waals surface area contributed by atoms with E-state index in [1.807, 2.05) is 13.0 Å². The van der Waals surface area contributed by atoms with Crippen LogP contribution >= 0.6 is 0 Å². The zero-order valence-electron chi connectivity index (χ0n) is 22.2. The third-order valence-corrected chi connectivity index (χ3v) is 7.49. The molecule has 3 aromatic rings. The highest BCUT2D eigenvalue weighted by atomic mass is 19.3. The van der Waals surface area contributed by atoms with Gasteiger partial charge < -0.3 is 9.84 Å². The maximum absolute atomic E-state index is 15.3. The van der Waals surface area contributed by atoms with Gasteiger partial charge in [0.2, 0.25) is 0 Å². The Labute approximate surface area is 226 Å². The molecule has 0 heterocycles. The van der Waals surface area contributed by atoms with E-state index in [1.165, 1.54) is 12.1 Å². The van der Waals surface area contributed by atoms with Crippen LogP contribution in [0.5, 0.6) is 5.75 Å². The number of alkyl halides is 2. The summed E-state index contributed by atoms with van der Waals surface area (Å²) in [6.45, 7) is 6.00. The Kier molecular flexibility index (Phi) is 8.48. The molecule has 206 valence electrons. The van der Waals surface area contributed by atoms with Crippen molar-refractivity contribution in [1.29, 1.82) is 0 Å². The smallest absolute Gasteiger partial charge is 0.303 e. The number of aliphatic carboxylic acids is 1. The first kappa shape index (κ1) is 28.4. The number of benzene rings is 3. The first-order valence-electron chi connectivity index (χ1n) is 13.1. The molecular weight excluding hydrogens is 508 g/mol. The molecule has 0 saturated carbocycles. The molecule has 0 fully saturated rings. The van der Waals surface area contributed by atoms with Crippen molar-refractivity contribution in [3.8, 4) is 16.9 Å². The second kappa shape index (κ2) is 11.6. The van der Waals surface area contributed by atoms with Gasteiger partial charge in [0.1, 0.15) is 12.4 Å². The SMILES string of the molecule is CCC(CC(=O)O)c1cccc(OCc2ccc(-c3cc(C(F)F)ccc3F)c(C3=CCCC3(C)C)c2)c1F. The Bertz CT molecular complexity index is 1390. The molecule has 0 radical (unpaired) electrons. The van der Waals surface area contributed by atoms with Crippen LogP contribution in [-0.2, 0) is 11.4 Å². The van der Waals surface area contributed by atoms with Gasteiger partial charge in [-0.05, 0) is 82.7 Å². The van der Waals surface area contributed by atoms with Crippen LogP contribution < -0.4 is 4.74 Å². The van der Waals surface area contributed by atoms with E-state index in [4.69, 9.17) is 4.74 Å². The number of carbonyl (C=O) groups is 1. The Balaban J connectivity index is 1.70. The van der Waals surface area contributed by atoms with E-state index in [1.54, 1.807) is 24.3 Å². The van der Waals surface area contributed by atoms with Crippen LogP contribution in [0.1, 0.15) is 81.1 Å². The average Bonchev–Trinajstić information content (AvgIpc) is 3.25. The minimum absolute atomic E-state index is 0.0106. The zero-order valence-corrected chi connectivity index (χ0v) is 22.2. The van der Waals surface area contributed by atoms with Crippen molar-refractivity contribution in [3.63, 3.8) is 0 Å². The third kappa shape index (κ3) is 6.18. The van der Waals surface area contributed by atoms with Gasteiger partial charge in [-0.3, -0.25) is 4.79 Å². The van der Waals surface area contributed by atoms with Gasteiger partial charge in [-0.1, -0.05) is 57.2 Å². The van der Waals surface area contributed by atoms with E-state index in [9.17, 15) is 23.1 Å². The van der Waals surface area contributed by atoms with Crippen LogP contribution in [-0.4, -0.2) is 11.1 Å². The number of carboxylic acids is 1. The molecular formula is C32H32F4O3. The number of rotatable bonds is 10. The molecule has 0 spiro atoms. The summed E-state index contributed by atoms with van der Waals surface area (Å²) in [4.78, 5) is 11.2. The van der Waals surface area contributed by atoms with E-state index in [2.05, 4.69) is 19.9 Å². The molecule has 0 saturated heterocycles. The van der Waals surface area contributed by atoms with Gasteiger partial charge in [0.05, 0.1) is 6.42 Å². The topological polar surface area (TPSA) is 46.5 Å². The lowest BCUT2D eigenvalue weighted by atomic mass is 9.79. The fourth-order valence-corrected chi connectivity index (χ4v) is 5.29. The van der Waals surface area contributed by atoms with Crippen molar-refractivity contribution in [3.05, 3.63) is 94.6 Å². The highest BCUT2D eigenvalue weighted by Crippen LogP contribution is 2.47. The van der Waals surface area contributed by atoms with Gasteiger partial charge in [0, 0.05) is 11.1 Å². The molecule has 0 amide bonds. The number of ether oxygens (including phenoxy) is 1. The Hall–Kier alpha value is -3.61. The summed E-state index contributed by atoms with van der Waals surface area (Å²) in [6.07, 6.45) is 1.39. The standard InChI is InChI=1S/C32H32F4O3/c1-4-20(17-29(37)38)22-7-5-9-28(30(22)34)39-18-19-10-12-23(24(15-19)26-8-6-14-32(26,2)3)25-16-21(31(35)36)11-13-27(25)33/h5,7-13,15-16,20,31H,4,6,14,17-18H2,1-3H3,(H,37,38). The minimum Gasteiger partial charge on any atom is -0.486 e. The summed E-state index contributed by atoms with van der Waals surface area (Å²) < 4.78 is 62.9. The second-order valence-corrected chi connectivity index (χ2v) is 10.6. The molecule has 1 aliphatic carbocycles. The lowest BCUT2D eigenvalue weighted by Gasteiger charge is -2.25. The molecule has 4 rings (SSSR count). The van der Waals surface area contributed by atoms with E-state index in [0.29, 0.717) is 23.1 Å². The van der Waals surface area contributed by atoms with Crippen LogP contribution in [0.3, 0.4) is 0 Å². The van der Waals surface area contributed by atoms with E-state index in [-0.39, 0.29) is 35.3 Å². The van der Waals surface area contributed by atoms with Crippen molar-refractivity contribution in [2.75, 3.05) is 0 Å². The quantitative estimate of drug-likeness (QED) is 0.261. The summed E-state index contributed by atoms with van der Waals surface area (Å²) in [5.41, 5.74) is 2.86. The van der Waals surface area contributed by atoms with E-state index >= 15 is 4.39 Å². The van der Waals surface area contributed by atoms with Gasteiger partial charge in [0.25, 0.3) is 6.43 Å². The molecule has 3 aromatic carbocycles. The number of hydrogen-bond acceptors (Lipinski definition) is 2. The van der Waals surface area contributed by atoms with Crippen LogP contribution in [0, 0.1) is 17.0 Å². The molecule has 1 aliphatic rings. The predicted octanol–water partition coefficient (Wildman–Crippen LogP) is 9.32. The molecule has 1 N–H and O–H groups in total. The highest BCUT2D eigenvalue weighted by Gasteiger charge is 2.30. The Morgan fingerprint density at radius 1 is 1.03 bits per heavy atom. The fraction of sp³-hybridized carbons (Fsp3) is 0.344. The molecule has 7 heteroatoms. The van der Waals surface area contributed by atoms with Crippen molar-refractivity contribution in [1.82, 2.24) is 0 Å². The first-order chi connectivity index (χ1) is 18.5. The molecule has 1 unspecified atom stereocenters. The summed E-state index contributed by atoms with van der Waals surface area (Å²) in [5.74, 6) is -2.65. The van der Waals surface area contributed by atoms with Crippen molar-refractivity contribution < 1.29 is 32.2 Å². The van der Waals surface area contributed by atoms with E-state index < -0.39 is 29.9 Å². The van der Waals surface area contributed by atoms with Gasteiger partial charge in [-0.15, -0.1) is 0 Å². The van der Waals surface area contributed by atoms with Crippen LogP contribution in [0.25, 0.3) is 16.7 Å². The van der Waals surface area contributed by atoms with Gasteiger partial charge >= 0.3 is 5.97 Å². The van der Waals surface area contributed by atoms with Crippen LogP contribution in [0.15, 0.2) is 60.7 Å². The van der Waals surface area contributed by atoms with Gasteiger partial charge in [-0.2, -0.15) is 0 Å². The third-order valence-electron chi connectivity index (χ3n) is 7.49. The van der Waals surface area contributed by atoms with Crippen molar-refractivity contribution in [2.45, 2.75) is 65.4 Å². The molecule has 0 bridgehead atoms. The predicted molar refractivity (Wildman–Crippen MR) is 144 cm³/mol. The fourth-order valence-electron chi connectivity index (χ4n) is 5.29. The maximum atomic E-state index is 15.3. The van der Waals surface area contributed by atoms with Gasteiger partial charge in [-0.25, -0.2) is 17.6 Å². The van der Waals surface area contributed by atoms with Crippen molar-refractivity contribution >= 4 is 11.5 Å². The number of allylic oxidation sites excluding steroid dienone is 2. The summed E-state index contributed by atoms with van der Waals surface area (Å²) in [5, 5.41) is 9.19. The summed E-state index contributed by atoms with van der Waals surface area (Å²) >= 11 is 0. The van der Waals surface area contributed by atoms with Crippen LogP contribution in [0.4, 0.5) is 17.6 Å². The van der Waals surface area contributed by atoms with Gasteiger partial charge in [0.15, 0.2) is 11.6 Å². The number of hydrogen-bond donors (Lipinski definition) is 1. The van der Waals surface area contributed by atoms with Crippen LogP contribution in [0.2, 0.25) is 0 Å². The molecule has 0 aliphatic heterocycles. The normalized spacial score (nSPS) is 15.3. The largest absolute Gasteiger partial charge is 0.486 e. The lowest BCUT2D eigenvalue weighted by Crippen LogP contribution is -2.11. The Morgan fingerprint density at radius 3 is 2.44 bits per heavy atom. The highest BCUT2D eigenvalue weighted by molar-refractivity contribution is 5.85. The number of halogens is 4. The minimum atomic E-state index is -2.73. The summed E-state index contributed by atoms with van der Waals surface area (Å²) in [6, 6.07) is 13.3. The Morgan fingerprint density at radius 2 is 1.79 bits per heavy atom. The monoisotopic (exact) mass is 540 g/mol. The van der Waals surface area contributed by atoms with Crippen molar-refractivity contribution in [2.24, 2.45) is 5.41 Å². The molecule has 3 nitrogen and oxygen atoms in total. The average molecular weight is 541 g/mol. The summed E-state index contributed by atoms with van der Waals surface area (Å²) in [7, 11) is 0. The lowest BCUT2D eigenvalue weighted by molar-refractivity contribution is -0.137. The first-order valence-corrected chi connectivity index (χ1v) is 13.1.